The number of benzene rings is 1. The number of anilines is 1. The van der Waals surface area contributed by atoms with Crippen LogP contribution in [0, 0.1) is 5.82 Å². The summed E-state index contributed by atoms with van der Waals surface area (Å²) < 4.78 is 13.3. The minimum Gasteiger partial charge on any atom is -0.354 e. The largest absolute Gasteiger partial charge is 0.354 e. The van der Waals surface area contributed by atoms with Crippen LogP contribution in [0.15, 0.2) is 24.3 Å². The number of piperazine rings is 1. The highest BCUT2D eigenvalue weighted by Gasteiger charge is 2.16. The van der Waals surface area contributed by atoms with E-state index in [2.05, 4.69) is 23.2 Å². The van der Waals surface area contributed by atoms with Crippen molar-refractivity contribution in [1.82, 2.24) is 10.3 Å². The fraction of sp³-hybridized carbons (Fsp3) is 0.400. The summed E-state index contributed by atoms with van der Waals surface area (Å²) in [5, 5.41) is 4.23. The summed E-state index contributed by atoms with van der Waals surface area (Å²) in [6.45, 7) is 6.06. The first-order chi connectivity index (χ1) is 9.28. The SMILES string of the molecule is CCc1cc2cc(F)ccc2nc1N1CCNCC1. The Morgan fingerprint density at radius 1 is 1.26 bits per heavy atom. The molecule has 0 spiro atoms. The standard InChI is InChI=1S/C15H18FN3/c1-2-11-9-12-10-13(16)3-4-14(12)18-15(11)19-7-5-17-6-8-19/h3-4,9-10,17H,2,5-8H2,1H3. The average molecular weight is 259 g/mol. The molecule has 1 aliphatic rings. The van der Waals surface area contributed by atoms with Gasteiger partial charge in [0.2, 0.25) is 0 Å². The quantitative estimate of drug-likeness (QED) is 0.897. The van der Waals surface area contributed by atoms with Crippen molar-refractivity contribution >= 4 is 16.7 Å². The van der Waals surface area contributed by atoms with E-state index in [9.17, 15) is 4.39 Å². The third kappa shape index (κ3) is 2.40. The monoisotopic (exact) mass is 259 g/mol. The van der Waals surface area contributed by atoms with E-state index in [0.29, 0.717) is 0 Å². The highest BCUT2D eigenvalue weighted by Crippen LogP contribution is 2.25. The third-order valence-corrected chi connectivity index (χ3v) is 3.63. The number of halogens is 1. The molecule has 1 aromatic heterocycles. The lowest BCUT2D eigenvalue weighted by Crippen LogP contribution is -2.44. The second kappa shape index (κ2) is 5.13. The molecule has 19 heavy (non-hydrogen) atoms. The van der Waals surface area contributed by atoms with E-state index < -0.39 is 0 Å². The molecule has 1 aromatic carbocycles. The smallest absolute Gasteiger partial charge is 0.132 e. The van der Waals surface area contributed by atoms with Crippen molar-refractivity contribution in [1.29, 1.82) is 0 Å². The number of pyridine rings is 1. The molecule has 0 bridgehead atoms. The maximum absolute atomic E-state index is 13.3. The molecule has 1 fully saturated rings. The molecule has 1 saturated heterocycles. The summed E-state index contributed by atoms with van der Waals surface area (Å²) in [6.07, 6.45) is 0.915. The van der Waals surface area contributed by atoms with Gasteiger partial charge < -0.3 is 10.2 Å². The van der Waals surface area contributed by atoms with Gasteiger partial charge in [-0.25, -0.2) is 9.37 Å². The summed E-state index contributed by atoms with van der Waals surface area (Å²) in [5.74, 6) is 0.856. The van der Waals surface area contributed by atoms with Crippen LogP contribution in [-0.2, 0) is 6.42 Å². The molecule has 4 heteroatoms. The van der Waals surface area contributed by atoms with E-state index in [1.807, 2.05) is 0 Å². The Hall–Kier alpha value is -1.68. The van der Waals surface area contributed by atoms with Crippen molar-refractivity contribution in [2.75, 3.05) is 31.1 Å². The number of aryl methyl sites for hydroxylation is 1. The molecule has 0 aliphatic carbocycles. The Morgan fingerprint density at radius 2 is 2.05 bits per heavy atom. The lowest BCUT2D eigenvalue weighted by molar-refractivity contribution is 0.584. The number of fused-ring (bicyclic) bond motifs is 1. The van der Waals surface area contributed by atoms with Gasteiger partial charge in [0.1, 0.15) is 11.6 Å². The van der Waals surface area contributed by atoms with Gasteiger partial charge in [0, 0.05) is 31.6 Å². The number of hydrogen-bond acceptors (Lipinski definition) is 3. The van der Waals surface area contributed by atoms with E-state index >= 15 is 0 Å². The summed E-state index contributed by atoms with van der Waals surface area (Å²) in [7, 11) is 0. The van der Waals surface area contributed by atoms with E-state index in [1.165, 1.54) is 11.6 Å². The molecule has 100 valence electrons. The molecule has 2 aromatic rings. The van der Waals surface area contributed by atoms with Gasteiger partial charge in [0.25, 0.3) is 0 Å². The summed E-state index contributed by atoms with van der Waals surface area (Å²) in [4.78, 5) is 7.06. The van der Waals surface area contributed by atoms with Crippen molar-refractivity contribution in [3.8, 4) is 0 Å². The third-order valence-electron chi connectivity index (χ3n) is 3.63. The maximum atomic E-state index is 13.3. The van der Waals surface area contributed by atoms with Crippen molar-refractivity contribution in [2.24, 2.45) is 0 Å². The Kier molecular flexibility index (Phi) is 3.34. The molecule has 3 nitrogen and oxygen atoms in total. The number of aromatic nitrogens is 1. The fourth-order valence-electron chi connectivity index (χ4n) is 2.59. The maximum Gasteiger partial charge on any atom is 0.132 e. The van der Waals surface area contributed by atoms with Gasteiger partial charge in [0.15, 0.2) is 0 Å². The second-order valence-electron chi connectivity index (χ2n) is 4.90. The molecule has 1 N–H and O–H groups in total. The Balaban J connectivity index is 2.09. The van der Waals surface area contributed by atoms with Crippen molar-refractivity contribution < 1.29 is 4.39 Å². The van der Waals surface area contributed by atoms with Gasteiger partial charge in [-0.3, -0.25) is 0 Å². The zero-order chi connectivity index (χ0) is 13.2. The van der Waals surface area contributed by atoms with Crippen LogP contribution < -0.4 is 10.2 Å². The molecule has 2 heterocycles. The normalized spacial score (nSPS) is 16.0. The summed E-state index contributed by atoms with van der Waals surface area (Å²) >= 11 is 0. The van der Waals surface area contributed by atoms with Gasteiger partial charge in [-0.2, -0.15) is 0 Å². The lowest BCUT2D eigenvalue weighted by atomic mass is 10.1. The zero-order valence-electron chi connectivity index (χ0n) is 11.1. The number of nitrogens with one attached hydrogen (secondary N) is 1. The van der Waals surface area contributed by atoms with Crippen LogP contribution in [0.5, 0.6) is 0 Å². The number of rotatable bonds is 2. The molecule has 0 unspecified atom stereocenters. The minimum atomic E-state index is -0.203. The number of hydrogen-bond donors (Lipinski definition) is 1. The summed E-state index contributed by atoms with van der Waals surface area (Å²) in [5.41, 5.74) is 2.06. The van der Waals surface area contributed by atoms with Crippen LogP contribution >= 0.6 is 0 Å². The van der Waals surface area contributed by atoms with Crippen LogP contribution in [0.4, 0.5) is 10.2 Å². The van der Waals surface area contributed by atoms with Gasteiger partial charge in [-0.15, -0.1) is 0 Å². The topological polar surface area (TPSA) is 28.2 Å². The zero-order valence-corrected chi connectivity index (χ0v) is 11.1. The molecule has 1 aliphatic heterocycles. The van der Waals surface area contributed by atoms with Gasteiger partial charge in [-0.1, -0.05) is 6.92 Å². The van der Waals surface area contributed by atoms with E-state index in [1.54, 1.807) is 12.1 Å². The van der Waals surface area contributed by atoms with Gasteiger partial charge >= 0.3 is 0 Å². The molecular weight excluding hydrogens is 241 g/mol. The van der Waals surface area contributed by atoms with Crippen molar-refractivity contribution in [2.45, 2.75) is 13.3 Å². The van der Waals surface area contributed by atoms with Gasteiger partial charge in [-0.05, 0) is 36.2 Å². The van der Waals surface area contributed by atoms with Crippen LogP contribution in [0.3, 0.4) is 0 Å². The second-order valence-corrected chi connectivity index (χ2v) is 4.90. The van der Waals surface area contributed by atoms with Crippen molar-refractivity contribution in [3.05, 3.63) is 35.6 Å². The Labute approximate surface area is 112 Å². The van der Waals surface area contributed by atoms with Crippen LogP contribution in [0.2, 0.25) is 0 Å². The molecule has 3 rings (SSSR count). The van der Waals surface area contributed by atoms with Crippen molar-refractivity contribution in [3.63, 3.8) is 0 Å². The Bertz CT molecular complexity index is 591. The van der Waals surface area contributed by atoms with Crippen LogP contribution in [0.1, 0.15) is 12.5 Å². The first-order valence-electron chi connectivity index (χ1n) is 6.83. The van der Waals surface area contributed by atoms with Crippen LogP contribution in [0.25, 0.3) is 10.9 Å². The molecular formula is C15H18FN3. The first kappa shape index (κ1) is 12.4. The predicted octanol–water partition coefficient (Wildman–Crippen LogP) is 2.35. The number of nitrogens with zero attached hydrogens (tertiary/aromatic N) is 2. The highest BCUT2D eigenvalue weighted by molar-refractivity contribution is 5.82. The predicted molar refractivity (Wildman–Crippen MR) is 76.2 cm³/mol. The lowest BCUT2D eigenvalue weighted by Gasteiger charge is -2.30. The highest BCUT2D eigenvalue weighted by atomic mass is 19.1. The van der Waals surface area contributed by atoms with E-state index in [4.69, 9.17) is 4.98 Å². The van der Waals surface area contributed by atoms with E-state index in [0.717, 1.165) is 49.3 Å². The molecule has 0 radical (unpaired) electrons. The fourth-order valence-corrected chi connectivity index (χ4v) is 2.59. The average Bonchev–Trinajstić information content (AvgIpc) is 2.46. The molecule has 0 amide bonds. The summed E-state index contributed by atoms with van der Waals surface area (Å²) in [6, 6.07) is 6.87. The molecule has 0 atom stereocenters. The molecule has 0 saturated carbocycles. The van der Waals surface area contributed by atoms with E-state index in [-0.39, 0.29) is 5.82 Å². The van der Waals surface area contributed by atoms with Crippen LogP contribution in [-0.4, -0.2) is 31.2 Å². The first-order valence-corrected chi connectivity index (χ1v) is 6.83. The Morgan fingerprint density at radius 3 is 2.79 bits per heavy atom. The minimum absolute atomic E-state index is 0.203. The van der Waals surface area contributed by atoms with Gasteiger partial charge in [0.05, 0.1) is 5.52 Å².